The number of sulfonamides is 1. The molecule has 1 atom stereocenters. The molecule has 1 aliphatic rings. The zero-order valence-corrected chi connectivity index (χ0v) is 13.0. The van der Waals surface area contributed by atoms with Gasteiger partial charge in [-0.15, -0.1) is 0 Å². The zero-order valence-electron chi connectivity index (χ0n) is 12.2. The van der Waals surface area contributed by atoms with Gasteiger partial charge in [0.25, 0.3) is 5.91 Å². The van der Waals surface area contributed by atoms with Gasteiger partial charge in [-0.2, -0.15) is 0 Å². The zero-order chi connectivity index (χ0) is 15.5. The lowest BCUT2D eigenvalue weighted by molar-refractivity contribution is 0.0958. The predicted octanol–water partition coefficient (Wildman–Crippen LogP) is 0.135. The molecule has 1 unspecified atom stereocenters. The normalized spacial score (nSPS) is 19.4. The van der Waals surface area contributed by atoms with E-state index < -0.39 is 10.0 Å². The van der Waals surface area contributed by atoms with E-state index in [-0.39, 0.29) is 11.8 Å². The molecular weight excluding hydrogens is 292 g/mol. The van der Waals surface area contributed by atoms with E-state index in [1.165, 1.54) is 10.6 Å². The molecule has 0 aliphatic carbocycles. The summed E-state index contributed by atoms with van der Waals surface area (Å²) in [4.78, 5) is 15.5. The minimum absolute atomic E-state index is 0.234. The summed E-state index contributed by atoms with van der Waals surface area (Å²) in [6, 6.07) is 3.47. The van der Waals surface area contributed by atoms with Crippen molar-refractivity contribution in [3.05, 3.63) is 24.0 Å². The van der Waals surface area contributed by atoms with Crippen LogP contribution in [0.15, 0.2) is 18.3 Å². The molecule has 1 aliphatic heterocycles. The number of aromatic nitrogens is 1. The molecule has 2 heterocycles. The van der Waals surface area contributed by atoms with Crippen LogP contribution in [0.5, 0.6) is 0 Å². The van der Waals surface area contributed by atoms with E-state index in [0.29, 0.717) is 25.3 Å². The molecule has 0 spiro atoms. The van der Waals surface area contributed by atoms with Crippen molar-refractivity contribution in [2.24, 2.45) is 5.92 Å². The fourth-order valence-corrected chi connectivity index (χ4v) is 3.24. The molecule has 0 bridgehead atoms. The van der Waals surface area contributed by atoms with Gasteiger partial charge in [-0.25, -0.2) is 12.7 Å². The summed E-state index contributed by atoms with van der Waals surface area (Å²) in [5.41, 5.74) is 1.16. The van der Waals surface area contributed by atoms with Crippen LogP contribution in [-0.4, -0.2) is 56.6 Å². The van der Waals surface area contributed by atoms with Crippen LogP contribution >= 0.6 is 0 Å². The fraction of sp³-hybridized carbons (Fsp3) is 0.538. The Hall–Kier alpha value is -1.67. The van der Waals surface area contributed by atoms with Crippen LogP contribution in [0.25, 0.3) is 0 Å². The van der Waals surface area contributed by atoms with Crippen LogP contribution in [-0.2, 0) is 10.0 Å². The molecule has 1 aromatic heterocycles. The predicted molar refractivity (Wildman–Crippen MR) is 80.6 cm³/mol. The number of nitrogens with one attached hydrogen (secondary N) is 2. The summed E-state index contributed by atoms with van der Waals surface area (Å²) < 4.78 is 24.4. The number of carbonyl (C=O) groups excluding carboxylic acids is 1. The molecule has 0 aromatic carbocycles. The highest BCUT2D eigenvalue weighted by Crippen LogP contribution is 2.19. The highest BCUT2D eigenvalue weighted by Gasteiger charge is 2.28. The third-order valence-corrected chi connectivity index (χ3v) is 4.80. The average Bonchev–Trinajstić information content (AvgIpc) is 2.93. The van der Waals surface area contributed by atoms with Crippen molar-refractivity contribution in [1.29, 1.82) is 0 Å². The van der Waals surface area contributed by atoms with E-state index in [1.54, 1.807) is 25.4 Å². The second-order valence-corrected chi connectivity index (χ2v) is 7.15. The van der Waals surface area contributed by atoms with Gasteiger partial charge in [0, 0.05) is 38.6 Å². The number of carbonyl (C=O) groups is 1. The summed E-state index contributed by atoms with van der Waals surface area (Å²) in [5, 5.41) is 5.76. The quantitative estimate of drug-likeness (QED) is 0.806. The lowest BCUT2D eigenvalue weighted by atomic mass is 10.1. The van der Waals surface area contributed by atoms with Crippen LogP contribution in [0, 0.1) is 5.92 Å². The largest absolute Gasteiger partial charge is 0.385 e. The van der Waals surface area contributed by atoms with Gasteiger partial charge in [-0.1, -0.05) is 0 Å². The van der Waals surface area contributed by atoms with Crippen LogP contribution in [0.2, 0.25) is 0 Å². The molecule has 2 N–H and O–H groups in total. The van der Waals surface area contributed by atoms with Crippen LogP contribution < -0.4 is 10.6 Å². The van der Waals surface area contributed by atoms with Gasteiger partial charge in [-0.05, 0) is 24.5 Å². The lowest BCUT2D eigenvalue weighted by Crippen LogP contribution is -2.28. The van der Waals surface area contributed by atoms with E-state index in [2.05, 4.69) is 15.6 Å². The summed E-state index contributed by atoms with van der Waals surface area (Å²) in [5.74, 6) is 0.0408. The lowest BCUT2D eigenvalue weighted by Gasteiger charge is -2.14. The second kappa shape index (κ2) is 6.40. The number of hydrogen-bond donors (Lipinski definition) is 2. The molecule has 21 heavy (non-hydrogen) atoms. The van der Waals surface area contributed by atoms with Crippen LogP contribution in [0.4, 0.5) is 5.69 Å². The van der Waals surface area contributed by atoms with E-state index in [9.17, 15) is 13.2 Å². The number of amides is 1. The standard InChI is InChI=1S/C13H20N4O3S/c1-14-13(18)12-7-11(3-5-15-12)16-8-10-4-6-17(9-10)21(2,19)20/h3,5,7,10H,4,6,8-9H2,1-2H3,(H,14,18)(H,15,16). The van der Waals surface area contributed by atoms with Crippen molar-refractivity contribution in [2.75, 3.05) is 38.3 Å². The Balaban J connectivity index is 1.91. The Kier molecular flexibility index (Phi) is 4.79. The summed E-state index contributed by atoms with van der Waals surface area (Å²) in [7, 11) is -1.54. The molecule has 0 saturated carbocycles. The molecule has 8 heteroatoms. The maximum Gasteiger partial charge on any atom is 0.269 e. The van der Waals surface area contributed by atoms with Gasteiger partial charge >= 0.3 is 0 Å². The smallest absolute Gasteiger partial charge is 0.269 e. The van der Waals surface area contributed by atoms with E-state index in [0.717, 1.165) is 12.1 Å². The maximum absolute atomic E-state index is 11.5. The second-order valence-electron chi connectivity index (χ2n) is 5.17. The number of hydrogen-bond acceptors (Lipinski definition) is 5. The molecular formula is C13H20N4O3S. The highest BCUT2D eigenvalue weighted by molar-refractivity contribution is 7.88. The molecule has 0 radical (unpaired) electrons. The Labute approximate surface area is 124 Å². The first kappa shape index (κ1) is 15.7. The van der Waals surface area contributed by atoms with Crippen molar-refractivity contribution >= 4 is 21.6 Å². The Morgan fingerprint density at radius 1 is 1.52 bits per heavy atom. The summed E-state index contributed by atoms with van der Waals surface area (Å²) >= 11 is 0. The van der Waals surface area contributed by atoms with Crippen molar-refractivity contribution < 1.29 is 13.2 Å². The molecule has 7 nitrogen and oxygen atoms in total. The van der Waals surface area contributed by atoms with E-state index >= 15 is 0 Å². The SMILES string of the molecule is CNC(=O)c1cc(NCC2CCN(S(C)(=O)=O)C2)ccn1. The molecule has 2 rings (SSSR count). The summed E-state index contributed by atoms with van der Waals surface area (Å²) in [6.45, 7) is 1.79. The molecule has 1 amide bonds. The first-order valence-corrected chi connectivity index (χ1v) is 8.62. The van der Waals surface area contributed by atoms with Crippen LogP contribution in [0.1, 0.15) is 16.9 Å². The minimum Gasteiger partial charge on any atom is -0.385 e. The summed E-state index contributed by atoms with van der Waals surface area (Å²) in [6.07, 6.45) is 3.65. The van der Waals surface area contributed by atoms with Gasteiger partial charge in [0.1, 0.15) is 5.69 Å². The van der Waals surface area contributed by atoms with Crippen LogP contribution in [0.3, 0.4) is 0 Å². The maximum atomic E-state index is 11.5. The van der Waals surface area contributed by atoms with Crippen molar-refractivity contribution in [1.82, 2.24) is 14.6 Å². The average molecular weight is 312 g/mol. The minimum atomic E-state index is -3.10. The molecule has 1 fully saturated rings. The Morgan fingerprint density at radius 2 is 2.29 bits per heavy atom. The first-order chi connectivity index (χ1) is 9.90. The fourth-order valence-electron chi connectivity index (χ4n) is 2.32. The number of nitrogens with zero attached hydrogens (tertiary/aromatic N) is 2. The van der Waals surface area contributed by atoms with Gasteiger partial charge in [0.15, 0.2) is 0 Å². The Bertz CT molecular complexity index is 618. The van der Waals surface area contributed by atoms with E-state index in [1.807, 2.05) is 0 Å². The van der Waals surface area contributed by atoms with Gasteiger partial charge < -0.3 is 10.6 Å². The van der Waals surface area contributed by atoms with Gasteiger partial charge in [0.2, 0.25) is 10.0 Å². The van der Waals surface area contributed by atoms with E-state index in [4.69, 9.17) is 0 Å². The molecule has 1 saturated heterocycles. The molecule has 116 valence electrons. The monoisotopic (exact) mass is 312 g/mol. The third kappa shape index (κ3) is 4.15. The molecule has 1 aromatic rings. The van der Waals surface area contributed by atoms with Crippen molar-refractivity contribution in [3.63, 3.8) is 0 Å². The van der Waals surface area contributed by atoms with Crippen molar-refractivity contribution in [2.45, 2.75) is 6.42 Å². The van der Waals surface area contributed by atoms with Gasteiger partial charge in [0.05, 0.1) is 6.26 Å². The third-order valence-electron chi connectivity index (χ3n) is 3.53. The number of anilines is 1. The van der Waals surface area contributed by atoms with Gasteiger partial charge in [-0.3, -0.25) is 9.78 Å². The number of pyridine rings is 1. The number of rotatable bonds is 5. The van der Waals surface area contributed by atoms with Crippen molar-refractivity contribution in [3.8, 4) is 0 Å². The topological polar surface area (TPSA) is 91.4 Å². The highest BCUT2D eigenvalue weighted by atomic mass is 32.2. The Morgan fingerprint density at radius 3 is 2.90 bits per heavy atom. The first-order valence-electron chi connectivity index (χ1n) is 6.77.